The Morgan fingerprint density at radius 3 is 2.15 bits per heavy atom. The third-order valence-corrected chi connectivity index (χ3v) is 9.50. The summed E-state index contributed by atoms with van der Waals surface area (Å²) in [5, 5.41) is 0. The van der Waals surface area contributed by atoms with Gasteiger partial charge >= 0.3 is 11.9 Å². The number of carbonyl (C=O) groups is 2. The van der Waals surface area contributed by atoms with Crippen LogP contribution in [-0.4, -0.2) is 46.0 Å². The van der Waals surface area contributed by atoms with Gasteiger partial charge in [-0.2, -0.15) is 0 Å². The third-order valence-electron chi connectivity index (χ3n) is 9.50. The van der Waals surface area contributed by atoms with Gasteiger partial charge in [0, 0.05) is 14.2 Å². The van der Waals surface area contributed by atoms with E-state index >= 15 is 0 Å². The molecule has 0 heterocycles. The first-order valence-electron chi connectivity index (χ1n) is 17.7. The van der Waals surface area contributed by atoms with E-state index in [1.54, 1.807) is 14.2 Å². The van der Waals surface area contributed by atoms with Gasteiger partial charge in [0.05, 0.1) is 31.3 Å². The van der Waals surface area contributed by atoms with E-state index in [0.29, 0.717) is 30.5 Å². The Morgan fingerprint density at radius 1 is 0.833 bits per heavy atom. The van der Waals surface area contributed by atoms with Crippen LogP contribution in [0.2, 0.25) is 0 Å². The lowest BCUT2D eigenvalue weighted by Gasteiger charge is -2.30. The molecule has 1 unspecified atom stereocenters. The molecular formula is C42H54O6. The number of aryl methyl sites for hydroxylation is 1. The third kappa shape index (κ3) is 10.9. The largest absolute Gasteiger partial charge is 0.465 e. The summed E-state index contributed by atoms with van der Waals surface area (Å²) in [6.07, 6.45) is 11.7. The summed E-state index contributed by atoms with van der Waals surface area (Å²) in [6.45, 7) is 8.82. The van der Waals surface area contributed by atoms with Gasteiger partial charge in [-0.1, -0.05) is 93.8 Å². The quantitative estimate of drug-likeness (QED) is 0.0589. The fourth-order valence-electron chi connectivity index (χ4n) is 6.68. The SMILES string of the molecule is C=C(COC)C(=O)Oc1ccc(-c2ccc(-c3ccc(CCCOC(=O)C(C)COC)cc3)cc2)c(C2CCC(CCCCC)CC2)c1. The minimum Gasteiger partial charge on any atom is -0.465 e. The Bertz CT molecular complexity index is 1450. The number of benzene rings is 3. The van der Waals surface area contributed by atoms with Crippen LogP contribution in [0.25, 0.3) is 22.3 Å². The molecule has 4 rings (SSSR count). The van der Waals surface area contributed by atoms with Crippen LogP contribution in [0, 0.1) is 11.8 Å². The van der Waals surface area contributed by atoms with Gasteiger partial charge < -0.3 is 18.9 Å². The van der Waals surface area contributed by atoms with E-state index in [1.165, 1.54) is 55.2 Å². The molecule has 48 heavy (non-hydrogen) atoms. The summed E-state index contributed by atoms with van der Waals surface area (Å²) in [4.78, 5) is 24.6. The number of ether oxygens (including phenoxy) is 4. The lowest BCUT2D eigenvalue weighted by atomic mass is 9.75. The van der Waals surface area contributed by atoms with Crippen molar-refractivity contribution in [3.63, 3.8) is 0 Å². The Morgan fingerprint density at radius 2 is 1.50 bits per heavy atom. The van der Waals surface area contributed by atoms with E-state index in [9.17, 15) is 9.59 Å². The smallest absolute Gasteiger partial charge is 0.341 e. The van der Waals surface area contributed by atoms with E-state index < -0.39 is 5.97 Å². The van der Waals surface area contributed by atoms with Crippen LogP contribution in [0.5, 0.6) is 5.75 Å². The van der Waals surface area contributed by atoms with Crippen LogP contribution in [-0.2, 0) is 30.2 Å². The molecule has 6 heteroatoms. The van der Waals surface area contributed by atoms with E-state index in [-0.39, 0.29) is 18.5 Å². The molecule has 3 aromatic rings. The summed E-state index contributed by atoms with van der Waals surface area (Å²) in [5.41, 5.74) is 7.43. The van der Waals surface area contributed by atoms with E-state index in [0.717, 1.165) is 48.3 Å². The number of methoxy groups -OCH3 is 2. The molecule has 0 amide bonds. The van der Waals surface area contributed by atoms with Gasteiger partial charge in [0.15, 0.2) is 0 Å². The molecule has 1 aliphatic rings. The lowest BCUT2D eigenvalue weighted by Crippen LogP contribution is -2.19. The normalized spacial score (nSPS) is 16.7. The first-order chi connectivity index (χ1) is 23.3. The highest BCUT2D eigenvalue weighted by molar-refractivity contribution is 5.90. The Labute approximate surface area is 287 Å². The van der Waals surface area contributed by atoms with Gasteiger partial charge in [-0.15, -0.1) is 0 Å². The van der Waals surface area contributed by atoms with Crippen molar-refractivity contribution in [1.82, 2.24) is 0 Å². The Kier molecular flexibility index (Phi) is 14.9. The first-order valence-corrected chi connectivity index (χ1v) is 17.7. The second-order valence-corrected chi connectivity index (χ2v) is 13.3. The van der Waals surface area contributed by atoms with E-state index in [1.807, 2.05) is 13.0 Å². The second-order valence-electron chi connectivity index (χ2n) is 13.3. The predicted octanol–water partition coefficient (Wildman–Crippen LogP) is 9.74. The van der Waals surface area contributed by atoms with Gasteiger partial charge in [0.1, 0.15) is 5.75 Å². The van der Waals surface area contributed by atoms with Crippen LogP contribution in [0.3, 0.4) is 0 Å². The van der Waals surface area contributed by atoms with Crippen molar-refractivity contribution < 1.29 is 28.5 Å². The monoisotopic (exact) mass is 654 g/mol. The van der Waals surface area contributed by atoms with Gasteiger partial charge in [0.25, 0.3) is 0 Å². The number of unbranched alkanes of at least 4 members (excludes halogenated alkanes) is 2. The Hall–Kier alpha value is -3.74. The van der Waals surface area contributed by atoms with Crippen LogP contribution >= 0.6 is 0 Å². The van der Waals surface area contributed by atoms with Gasteiger partial charge in [0.2, 0.25) is 0 Å². The first kappa shape index (κ1) is 37.1. The number of carbonyl (C=O) groups excluding carboxylic acids is 2. The number of hydrogen-bond acceptors (Lipinski definition) is 6. The van der Waals surface area contributed by atoms with Crippen LogP contribution in [0.15, 0.2) is 78.9 Å². The zero-order valence-corrected chi connectivity index (χ0v) is 29.4. The molecule has 0 bridgehead atoms. The standard InChI is InChI=1S/C42H54O6/c1-6-7-8-10-32-14-18-37(19-15-32)40-27-38(48-42(44)31(3)29-46-5)24-25-39(40)36-22-20-35(21-23-36)34-16-12-33(13-17-34)11-9-26-47-41(43)30(2)28-45-4/h12-13,16-17,20-25,27,30,32,37H,3,6-11,14-15,18-19,26,28-29H2,1-2,4-5H3. The van der Waals surface area contributed by atoms with Crippen molar-refractivity contribution in [3.8, 4) is 28.0 Å². The molecule has 0 aromatic heterocycles. The average Bonchev–Trinajstić information content (AvgIpc) is 3.11. The lowest BCUT2D eigenvalue weighted by molar-refractivity contribution is -0.149. The molecule has 6 nitrogen and oxygen atoms in total. The number of rotatable bonds is 18. The molecule has 0 saturated heterocycles. The van der Waals surface area contributed by atoms with Gasteiger partial charge in [-0.3, -0.25) is 4.79 Å². The van der Waals surface area contributed by atoms with Crippen LogP contribution in [0.1, 0.15) is 88.7 Å². The second kappa shape index (κ2) is 19.3. The van der Waals surface area contributed by atoms with E-state index in [2.05, 4.69) is 74.2 Å². The average molecular weight is 655 g/mol. The number of esters is 2. The molecule has 1 atom stereocenters. The highest BCUT2D eigenvalue weighted by Crippen LogP contribution is 2.43. The summed E-state index contributed by atoms with van der Waals surface area (Å²) in [7, 11) is 3.13. The molecule has 1 aliphatic carbocycles. The van der Waals surface area contributed by atoms with E-state index in [4.69, 9.17) is 18.9 Å². The fraction of sp³-hybridized carbons (Fsp3) is 0.476. The highest BCUT2D eigenvalue weighted by atomic mass is 16.5. The highest BCUT2D eigenvalue weighted by Gasteiger charge is 2.25. The number of hydrogen-bond donors (Lipinski definition) is 0. The van der Waals surface area contributed by atoms with Crippen molar-refractivity contribution in [2.75, 3.05) is 34.0 Å². The van der Waals surface area contributed by atoms with Gasteiger partial charge in [-0.05, 0) is 103 Å². The molecule has 0 radical (unpaired) electrons. The zero-order chi connectivity index (χ0) is 34.3. The summed E-state index contributed by atoms with van der Waals surface area (Å²) >= 11 is 0. The van der Waals surface area contributed by atoms with Crippen LogP contribution < -0.4 is 4.74 Å². The van der Waals surface area contributed by atoms with Crippen molar-refractivity contribution >= 4 is 11.9 Å². The molecule has 0 spiro atoms. The van der Waals surface area contributed by atoms with Crippen LogP contribution in [0.4, 0.5) is 0 Å². The van der Waals surface area contributed by atoms with Crippen molar-refractivity contribution in [2.24, 2.45) is 11.8 Å². The summed E-state index contributed by atoms with van der Waals surface area (Å²) < 4.78 is 21.2. The summed E-state index contributed by atoms with van der Waals surface area (Å²) in [5.74, 6) is 0.874. The maximum Gasteiger partial charge on any atom is 0.341 e. The molecule has 1 fully saturated rings. The van der Waals surface area contributed by atoms with Gasteiger partial charge in [-0.25, -0.2) is 4.79 Å². The fourth-order valence-corrected chi connectivity index (χ4v) is 6.68. The van der Waals surface area contributed by atoms with Crippen molar-refractivity contribution in [2.45, 2.75) is 84.0 Å². The maximum absolute atomic E-state index is 12.6. The molecular weight excluding hydrogens is 600 g/mol. The molecule has 0 aliphatic heterocycles. The summed E-state index contributed by atoms with van der Waals surface area (Å²) in [6, 6.07) is 23.4. The maximum atomic E-state index is 12.6. The minimum atomic E-state index is -0.457. The topological polar surface area (TPSA) is 71.1 Å². The Balaban J connectivity index is 1.44. The molecule has 258 valence electrons. The zero-order valence-electron chi connectivity index (χ0n) is 29.4. The van der Waals surface area contributed by atoms with Crippen molar-refractivity contribution in [1.29, 1.82) is 0 Å². The van der Waals surface area contributed by atoms with Crippen molar-refractivity contribution in [3.05, 3.63) is 90.0 Å². The molecule has 1 saturated carbocycles. The molecule has 0 N–H and O–H groups in total. The predicted molar refractivity (Wildman–Crippen MR) is 193 cm³/mol. The minimum absolute atomic E-state index is 0.146. The molecule has 3 aromatic carbocycles.